The maximum absolute atomic E-state index is 9.20. The minimum absolute atomic E-state index is 0. The van der Waals surface area contributed by atoms with Crippen LogP contribution in [0.5, 0.6) is 0 Å². The average Bonchev–Trinajstić information content (AvgIpc) is 2.08. The maximum atomic E-state index is 9.20. The van der Waals surface area contributed by atoms with Gasteiger partial charge in [-0.3, -0.25) is 0 Å². The fraction of sp³-hybridized carbons (Fsp3) is 1.00. The van der Waals surface area contributed by atoms with Crippen LogP contribution in [0.15, 0.2) is 0 Å². The van der Waals surface area contributed by atoms with E-state index >= 15 is 0 Å². The van der Waals surface area contributed by atoms with Crippen molar-refractivity contribution in [3.05, 3.63) is 0 Å². The molecule has 1 saturated heterocycles. The molecule has 0 saturated carbocycles. The molecule has 0 aromatic heterocycles. The summed E-state index contributed by atoms with van der Waals surface area (Å²) in [6.45, 7) is -0.470. The summed E-state index contributed by atoms with van der Waals surface area (Å²) in [7, 11) is 0. The molecule has 0 radical (unpaired) electrons. The second-order valence-electron chi connectivity index (χ2n) is 2.81. The second kappa shape index (κ2) is 5.06. The summed E-state index contributed by atoms with van der Waals surface area (Å²) in [6, 6.07) is -1.04. The monoisotopic (exact) mass is 215 g/mol. The van der Waals surface area contributed by atoms with Crippen molar-refractivity contribution in [2.24, 2.45) is 5.73 Å². The van der Waals surface area contributed by atoms with Gasteiger partial charge < -0.3 is 30.9 Å². The summed E-state index contributed by atoms with van der Waals surface area (Å²) in [5.74, 6) is 0. The Morgan fingerprint density at radius 3 is 2.15 bits per heavy atom. The third-order valence-corrected chi connectivity index (χ3v) is 1.95. The zero-order valence-electron chi connectivity index (χ0n) is 6.78. The zero-order chi connectivity index (χ0) is 9.30. The minimum Gasteiger partial charge on any atom is -0.394 e. The smallest absolute Gasteiger partial charge is 0.173 e. The highest BCUT2D eigenvalue weighted by atomic mass is 35.5. The first-order chi connectivity index (χ1) is 5.57. The number of aliphatic hydroxyl groups is 4. The van der Waals surface area contributed by atoms with E-state index in [-0.39, 0.29) is 12.4 Å². The van der Waals surface area contributed by atoms with Crippen LogP contribution in [0.3, 0.4) is 0 Å². The Kier molecular flexibility index (Phi) is 5.08. The lowest BCUT2D eigenvalue weighted by Gasteiger charge is -2.38. The first-order valence-electron chi connectivity index (χ1n) is 3.64. The van der Waals surface area contributed by atoms with Crippen molar-refractivity contribution in [1.29, 1.82) is 0 Å². The van der Waals surface area contributed by atoms with Crippen LogP contribution in [-0.4, -0.2) is 57.7 Å². The van der Waals surface area contributed by atoms with Gasteiger partial charge in [0.1, 0.15) is 18.3 Å². The van der Waals surface area contributed by atoms with Gasteiger partial charge >= 0.3 is 0 Å². The van der Waals surface area contributed by atoms with E-state index in [1.54, 1.807) is 0 Å². The van der Waals surface area contributed by atoms with E-state index in [1.165, 1.54) is 0 Å². The predicted molar refractivity (Wildman–Crippen MR) is 45.2 cm³/mol. The Morgan fingerprint density at radius 1 is 1.15 bits per heavy atom. The molecule has 0 bridgehead atoms. The van der Waals surface area contributed by atoms with Crippen molar-refractivity contribution in [3.8, 4) is 0 Å². The third-order valence-electron chi connectivity index (χ3n) is 1.95. The van der Waals surface area contributed by atoms with E-state index in [9.17, 15) is 10.2 Å². The topological polar surface area (TPSA) is 116 Å². The molecule has 1 fully saturated rings. The summed E-state index contributed by atoms with van der Waals surface area (Å²) >= 11 is 0. The fourth-order valence-corrected chi connectivity index (χ4v) is 1.12. The van der Waals surface area contributed by atoms with Gasteiger partial charge in [0.2, 0.25) is 0 Å². The van der Waals surface area contributed by atoms with E-state index in [4.69, 9.17) is 20.7 Å². The molecule has 1 heterocycles. The third kappa shape index (κ3) is 2.50. The molecular formula is C6H14ClNO5. The van der Waals surface area contributed by atoms with E-state index in [0.717, 1.165) is 0 Å². The summed E-state index contributed by atoms with van der Waals surface area (Å²) in [6.07, 6.45) is -4.85. The highest BCUT2D eigenvalue weighted by Gasteiger charge is 2.41. The zero-order valence-corrected chi connectivity index (χ0v) is 7.59. The van der Waals surface area contributed by atoms with Crippen LogP contribution >= 0.6 is 12.4 Å². The lowest BCUT2D eigenvalue weighted by molar-refractivity contribution is -0.248. The van der Waals surface area contributed by atoms with Crippen LogP contribution in [0.2, 0.25) is 0 Å². The van der Waals surface area contributed by atoms with Crippen LogP contribution in [0.1, 0.15) is 0 Å². The number of halogens is 1. The van der Waals surface area contributed by atoms with Crippen LogP contribution < -0.4 is 5.73 Å². The molecule has 0 spiro atoms. The van der Waals surface area contributed by atoms with Gasteiger partial charge in [-0.2, -0.15) is 0 Å². The Hall–Kier alpha value is 0.0500. The molecule has 13 heavy (non-hydrogen) atoms. The van der Waals surface area contributed by atoms with Gasteiger partial charge in [-0.1, -0.05) is 0 Å². The largest absolute Gasteiger partial charge is 0.394 e. The molecule has 0 aromatic carbocycles. The molecule has 7 heteroatoms. The highest BCUT2D eigenvalue weighted by molar-refractivity contribution is 5.85. The molecule has 6 nitrogen and oxygen atoms in total. The van der Waals surface area contributed by atoms with Gasteiger partial charge in [-0.25, -0.2) is 0 Å². The van der Waals surface area contributed by atoms with Gasteiger partial charge in [-0.15, -0.1) is 12.4 Å². The first kappa shape index (κ1) is 13.1. The number of hydrogen-bond donors (Lipinski definition) is 5. The lowest BCUT2D eigenvalue weighted by atomic mass is 9.98. The van der Waals surface area contributed by atoms with Crippen LogP contribution in [0.25, 0.3) is 0 Å². The maximum Gasteiger partial charge on any atom is 0.173 e. The molecular weight excluding hydrogens is 202 g/mol. The Morgan fingerprint density at radius 2 is 1.69 bits per heavy atom. The fourth-order valence-electron chi connectivity index (χ4n) is 1.12. The van der Waals surface area contributed by atoms with Crippen LogP contribution in [-0.2, 0) is 4.74 Å². The van der Waals surface area contributed by atoms with E-state index in [1.807, 2.05) is 0 Å². The van der Waals surface area contributed by atoms with E-state index in [2.05, 4.69) is 0 Å². The number of nitrogens with two attached hydrogens (primary N) is 1. The van der Waals surface area contributed by atoms with Gasteiger partial charge in [0.15, 0.2) is 6.29 Å². The Bertz CT molecular complexity index is 155. The normalized spacial score (nSPS) is 45.5. The Labute approximate surface area is 81.3 Å². The van der Waals surface area contributed by atoms with Crippen molar-refractivity contribution < 1.29 is 25.2 Å². The number of ether oxygens (including phenoxy) is 1. The van der Waals surface area contributed by atoms with Gasteiger partial charge in [0.05, 0.1) is 12.6 Å². The molecule has 0 amide bonds. The molecule has 0 aliphatic carbocycles. The van der Waals surface area contributed by atoms with Crippen LogP contribution in [0.4, 0.5) is 0 Å². The van der Waals surface area contributed by atoms with Gasteiger partial charge in [0, 0.05) is 0 Å². The van der Waals surface area contributed by atoms with Gasteiger partial charge in [-0.05, 0) is 0 Å². The summed E-state index contributed by atoms with van der Waals surface area (Å²) in [5, 5.41) is 36.1. The molecule has 1 rings (SSSR count). The number of rotatable bonds is 1. The summed E-state index contributed by atoms with van der Waals surface area (Å²) in [4.78, 5) is 0. The number of hydrogen-bond acceptors (Lipinski definition) is 6. The van der Waals surface area contributed by atoms with Crippen LogP contribution in [0, 0.1) is 0 Å². The van der Waals surface area contributed by atoms with Crippen molar-refractivity contribution in [2.45, 2.75) is 30.6 Å². The highest BCUT2D eigenvalue weighted by Crippen LogP contribution is 2.17. The standard InChI is InChI=1S/C6H13NO5.ClH/c7-3-5(10)4(9)2(1-8)12-6(3)11;/h2-6,8-11H,1,7H2;1H/t2?,3-,4+,5+,6-;/m0./s1. The second-order valence-corrected chi connectivity index (χ2v) is 2.81. The summed E-state index contributed by atoms with van der Waals surface area (Å²) < 4.78 is 4.70. The first-order valence-corrected chi connectivity index (χ1v) is 3.64. The molecule has 1 unspecified atom stereocenters. The SMILES string of the molecule is Cl.N[C@H]1[C@@H](O)[C@H](O)C(CO)O[C@@H]1O. The Balaban J connectivity index is 0.00000144. The lowest BCUT2D eigenvalue weighted by Crippen LogP contribution is -2.61. The summed E-state index contributed by atoms with van der Waals surface area (Å²) in [5.41, 5.74) is 5.26. The molecule has 80 valence electrons. The van der Waals surface area contributed by atoms with Crippen molar-refractivity contribution in [3.63, 3.8) is 0 Å². The minimum atomic E-state index is -1.35. The van der Waals surface area contributed by atoms with E-state index in [0.29, 0.717) is 0 Å². The molecule has 6 N–H and O–H groups in total. The number of aliphatic hydroxyl groups excluding tert-OH is 4. The van der Waals surface area contributed by atoms with Crippen molar-refractivity contribution in [1.82, 2.24) is 0 Å². The molecule has 0 aromatic rings. The van der Waals surface area contributed by atoms with Gasteiger partial charge in [0.25, 0.3) is 0 Å². The predicted octanol–water partition coefficient (Wildman–Crippen LogP) is -2.83. The molecule has 1 aliphatic rings. The van der Waals surface area contributed by atoms with Crippen molar-refractivity contribution in [2.75, 3.05) is 6.61 Å². The van der Waals surface area contributed by atoms with E-state index < -0.39 is 37.3 Å². The quantitative estimate of drug-likeness (QED) is 0.322. The van der Waals surface area contributed by atoms with Crippen molar-refractivity contribution >= 4 is 12.4 Å². The average molecular weight is 216 g/mol. The molecule has 5 atom stereocenters. The molecule has 1 aliphatic heterocycles.